The van der Waals surface area contributed by atoms with Crippen molar-refractivity contribution < 1.29 is 18.7 Å². The molecular formula is C19H26FNO3. The van der Waals surface area contributed by atoms with Gasteiger partial charge in [0.1, 0.15) is 24.1 Å². The third kappa shape index (κ3) is 7.31. The molecule has 0 aromatic heterocycles. The van der Waals surface area contributed by atoms with Crippen LogP contribution in [0.3, 0.4) is 0 Å². The Morgan fingerprint density at radius 2 is 1.96 bits per heavy atom. The minimum atomic E-state index is -1.29. The minimum Gasteiger partial charge on any atom is -0.489 e. The first kappa shape index (κ1) is 19.7. The van der Waals surface area contributed by atoms with Crippen LogP contribution in [0, 0.1) is 0 Å². The predicted molar refractivity (Wildman–Crippen MR) is 93.3 cm³/mol. The molecule has 0 aliphatic carbocycles. The van der Waals surface area contributed by atoms with E-state index in [0.29, 0.717) is 17.9 Å². The lowest BCUT2D eigenvalue weighted by Crippen LogP contribution is -2.34. The quantitative estimate of drug-likeness (QED) is 0.588. The third-order valence-electron chi connectivity index (χ3n) is 3.04. The summed E-state index contributed by atoms with van der Waals surface area (Å²) in [4.78, 5) is 11.7. The van der Waals surface area contributed by atoms with Crippen molar-refractivity contribution in [1.82, 2.24) is 5.32 Å². The Balaban J connectivity index is 2.75. The second kappa shape index (κ2) is 9.11. The molecule has 0 spiro atoms. The molecule has 1 atom stereocenters. The SMILES string of the molecule is C=C/C(OCc1ccccc1)=C(/CNC(=O)OC(C)(C)C)C(C)F. The molecule has 0 saturated heterocycles. The van der Waals surface area contributed by atoms with Crippen LogP contribution in [0.2, 0.25) is 0 Å². The topological polar surface area (TPSA) is 47.6 Å². The van der Waals surface area contributed by atoms with Crippen LogP contribution >= 0.6 is 0 Å². The van der Waals surface area contributed by atoms with Gasteiger partial charge in [0.2, 0.25) is 0 Å². The summed E-state index contributed by atoms with van der Waals surface area (Å²) in [6, 6.07) is 9.54. The first-order valence-corrected chi connectivity index (χ1v) is 7.86. The summed E-state index contributed by atoms with van der Waals surface area (Å²) >= 11 is 0. The van der Waals surface area contributed by atoms with E-state index < -0.39 is 17.9 Å². The fourth-order valence-electron chi connectivity index (χ4n) is 1.92. The average Bonchev–Trinajstić information content (AvgIpc) is 2.49. The van der Waals surface area contributed by atoms with E-state index in [1.165, 1.54) is 13.0 Å². The Morgan fingerprint density at radius 3 is 2.46 bits per heavy atom. The maximum absolute atomic E-state index is 13.9. The van der Waals surface area contributed by atoms with Crippen molar-refractivity contribution in [3.8, 4) is 0 Å². The Morgan fingerprint density at radius 1 is 1.33 bits per heavy atom. The van der Waals surface area contributed by atoms with Crippen LogP contribution in [-0.2, 0) is 16.1 Å². The molecule has 1 N–H and O–H groups in total. The van der Waals surface area contributed by atoms with Gasteiger partial charge < -0.3 is 14.8 Å². The van der Waals surface area contributed by atoms with Crippen molar-refractivity contribution in [1.29, 1.82) is 0 Å². The highest BCUT2D eigenvalue weighted by Gasteiger charge is 2.19. The molecule has 1 rings (SSSR count). The van der Waals surface area contributed by atoms with Gasteiger partial charge in [0.05, 0.1) is 0 Å². The molecule has 0 aliphatic rings. The van der Waals surface area contributed by atoms with Crippen LogP contribution in [0.1, 0.15) is 33.3 Å². The zero-order chi connectivity index (χ0) is 18.2. The highest BCUT2D eigenvalue weighted by Crippen LogP contribution is 2.16. The van der Waals surface area contributed by atoms with E-state index in [1.807, 2.05) is 30.3 Å². The largest absolute Gasteiger partial charge is 0.489 e. The zero-order valence-electron chi connectivity index (χ0n) is 14.8. The smallest absolute Gasteiger partial charge is 0.407 e. The number of amides is 1. The Labute approximate surface area is 143 Å². The van der Waals surface area contributed by atoms with E-state index in [9.17, 15) is 9.18 Å². The van der Waals surface area contributed by atoms with E-state index in [4.69, 9.17) is 9.47 Å². The summed E-state index contributed by atoms with van der Waals surface area (Å²) in [6.07, 6.45) is -0.443. The van der Waals surface area contributed by atoms with Crippen molar-refractivity contribution >= 4 is 6.09 Å². The molecule has 4 nitrogen and oxygen atoms in total. The molecule has 1 amide bonds. The average molecular weight is 335 g/mol. The Bertz CT molecular complexity index is 574. The maximum Gasteiger partial charge on any atom is 0.407 e. The lowest BCUT2D eigenvalue weighted by atomic mass is 10.1. The molecule has 5 heteroatoms. The summed E-state index contributed by atoms with van der Waals surface area (Å²) in [5.74, 6) is 0.324. The molecular weight excluding hydrogens is 309 g/mol. The summed E-state index contributed by atoms with van der Waals surface area (Å²) in [6.45, 7) is 10.6. The number of allylic oxidation sites excluding steroid dienone is 1. The summed E-state index contributed by atoms with van der Waals surface area (Å²) < 4.78 is 24.8. The number of ether oxygens (including phenoxy) is 2. The van der Waals surface area contributed by atoms with Crippen LogP contribution in [-0.4, -0.2) is 24.4 Å². The number of hydrogen-bond acceptors (Lipinski definition) is 3. The van der Waals surface area contributed by atoms with Crippen molar-refractivity contribution in [2.75, 3.05) is 6.54 Å². The van der Waals surface area contributed by atoms with Crippen molar-refractivity contribution in [2.45, 2.75) is 46.1 Å². The van der Waals surface area contributed by atoms with Crippen LogP contribution in [0.15, 0.2) is 54.3 Å². The number of carbonyl (C=O) groups is 1. The van der Waals surface area contributed by atoms with Gasteiger partial charge in [-0.2, -0.15) is 0 Å². The number of rotatable bonds is 7. The fraction of sp³-hybridized carbons (Fsp3) is 0.421. The predicted octanol–water partition coefficient (Wildman–Crippen LogP) is 4.53. The lowest BCUT2D eigenvalue weighted by Gasteiger charge is -2.21. The molecule has 0 fully saturated rings. The summed E-state index contributed by atoms with van der Waals surface area (Å²) in [5, 5.41) is 2.55. The van der Waals surface area contributed by atoms with E-state index >= 15 is 0 Å². The minimum absolute atomic E-state index is 0.0112. The Kier molecular flexibility index (Phi) is 7.49. The van der Waals surface area contributed by atoms with Gasteiger partial charge in [-0.05, 0) is 39.3 Å². The summed E-state index contributed by atoms with van der Waals surface area (Å²) in [5.41, 5.74) is 0.662. The fourth-order valence-corrected chi connectivity index (χ4v) is 1.92. The van der Waals surface area contributed by atoms with Crippen LogP contribution in [0.5, 0.6) is 0 Å². The first-order valence-electron chi connectivity index (χ1n) is 7.86. The van der Waals surface area contributed by atoms with E-state index in [2.05, 4.69) is 11.9 Å². The first-order chi connectivity index (χ1) is 11.2. The standard InChI is InChI=1S/C19H26FNO3/c1-6-17(23-13-15-10-8-7-9-11-15)16(14(2)20)12-21-18(22)24-19(3,4)5/h6-11,14H,1,12-13H2,2-5H3,(H,21,22)/b17-16+. The van der Waals surface area contributed by atoms with Gasteiger partial charge in [0.15, 0.2) is 0 Å². The maximum atomic E-state index is 13.9. The number of halogens is 1. The van der Waals surface area contributed by atoms with Gasteiger partial charge in [-0.1, -0.05) is 36.9 Å². The van der Waals surface area contributed by atoms with Gasteiger partial charge >= 0.3 is 6.09 Å². The van der Waals surface area contributed by atoms with Crippen molar-refractivity contribution in [3.63, 3.8) is 0 Å². The van der Waals surface area contributed by atoms with E-state index in [0.717, 1.165) is 5.56 Å². The van der Waals surface area contributed by atoms with E-state index in [1.54, 1.807) is 20.8 Å². The van der Waals surface area contributed by atoms with Crippen molar-refractivity contribution in [3.05, 3.63) is 59.9 Å². The molecule has 0 aliphatic heterocycles. The molecule has 0 saturated carbocycles. The third-order valence-corrected chi connectivity index (χ3v) is 3.04. The second-order valence-electron chi connectivity index (χ2n) is 6.34. The number of alkyl carbamates (subject to hydrolysis) is 1. The monoisotopic (exact) mass is 335 g/mol. The van der Waals surface area contributed by atoms with Crippen molar-refractivity contribution in [2.24, 2.45) is 0 Å². The van der Waals surface area contributed by atoms with Gasteiger partial charge in [-0.3, -0.25) is 0 Å². The number of carbonyl (C=O) groups excluding carboxylic acids is 1. The number of benzene rings is 1. The van der Waals surface area contributed by atoms with Crippen LogP contribution < -0.4 is 5.32 Å². The molecule has 0 bridgehead atoms. The highest BCUT2D eigenvalue weighted by molar-refractivity contribution is 5.68. The Hall–Kier alpha value is -2.30. The van der Waals surface area contributed by atoms with E-state index in [-0.39, 0.29) is 6.54 Å². The molecule has 132 valence electrons. The van der Waals surface area contributed by atoms with Gasteiger partial charge in [-0.15, -0.1) is 0 Å². The van der Waals surface area contributed by atoms with Gasteiger partial charge in [-0.25, -0.2) is 9.18 Å². The van der Waals surface area contributed by atoms with Crippen LogP contribution in [0.4, 0.5) is 9.18 Å². The zero-order valence-corrected chi connectivity index (χ0v) is 14.8. The highest BCUT2D eigenvalue weighted by atomic mass is 19.1. The number of nitrogens with one attached hydrogen (secondary N) is 1. The lowest BCUT2D eigenvalue weighted by molar-refractivity contribution is 0.0530. The molecule has 0 heterocycles. The molecule has 0 radical (unpaired) electrons. The molecule has 1 aromatic rings. The molecule has 24 heavy (non-hydrogen) atoms. The molecule has 1 unspecified atom stereocenters. The normalized spacial score (nSPS) is 13.5. The van der Waals surface area contributed by atoms with Gasteiger partial charge in [0, 0.05) is 12.1 Å². The second-order valence-corrected chi connectivity index (χ2v) is 6.34. The van der Waals surface area contributed by atoms with Gasteiger partial charge in [0.25, 0.3) is 0 Å². The number of alkyl halides is 1. The number of hydrogen-bond donors (Lipinski definition) is 1. The van der Waals surface area contributed by atoms with Crippen LogP contribution in [0.25, 0.3) is 0 Å². The molecule has 1 aromatic carbocycles. The summed E-state index contributed by atoms with van der Waals surface area (Å²) in [7, 11) is 0.